The van der Waals surface area contributed by atoms with Crippen molar-refractivity contribution in [3.05, 3.63) is 47.8 Å². The maximum atomic E-state index is 13.4. The summed E-state index contributed by atoms with van der Waals surface area (Å²) in [5, 5.41) is 3.19. The molecule has 0 aliphatic carbocycles. The van der Waals surface area contributed by atoms with Gasteiger partial charge in [-0.3, -0.25) is 0 Å². The zero-order valence-electron chi connectivity index (χ0n) is 10.8. The first-order valence-corrected chi connectivity index (χ1v) is 6.20. The van der Waals surface area contributed by atoms with Crippen molar-refractivity contribution in [3.63, 3.8) is 0 Å². The fourth-order valence-electron chi connectivity index (χ4n) is 1.84. The summed E-state index contributed by atoms with van der Waals surface area (Å²) >= 11 is 0. The van der Waals surface area contributed by atoms with Crippen molar-refractivity contribution in [2.45, 2.75) is 33.4 Å². The number of aromatic nitrogens is 2. The average Bonchev–Trinajstić information content (AvgIpc) is 2.79. The van der Waals surface area contributed by atoms with Crippen LogP contribution in [0.15, 0.2) is 30.6 Å². The van der Waals surface area contributed by atoms with Gasteiger partial charge in [0.1, 0.15) is 11.6 Å². The molecule has 0 saturated heterocycles. The van der Waals surface area contributed by atoms with Crippen LogP contribution in [0.1, 0.15) is 24.7 Å². The van der Waals surface area contributed by atoms with Crippen molar-refractivity contribution in [2.24, 2.45) is 0 Å². The van der Waals surface area contributed by atoms with Gasteiger partial charge in [-0.15, -0.1) is 0 Å². The largest absolute Gasteiger partial charge is 0.378 e. The van der Waals surface area contributed by atoms with E-state index in [1.807, 2.05) is 12.3 Å². The van der Waals surface area contributed by atoms with Crippen molar-refractivity contribution < 1.29 is 4.39 Å². The molecule has 0 aliphatic heterocycles. The van der Waals surface area contributed by atoms with Crippen molar-refractivity contribution >= 4 is 5.69 Å². The van der Waals surface area contributed by atoms with Crippen LogP contribution in [0.2, 0.25) is 0 Å². The van der Waals surface area contributed by atoms with Crippen LogP contribution < -0.4 is 5.32 Å². The highest BCUT2D eigenvalue weighted by atomic mass is 19.1. The number of imidazole rings is 1. The molecule has 0 fully saturated rings. The van der Waals surface area contributed by atoms with Gasteiger partial charge in [0.15, 0.2) is 0 Å². The predicted octanol–water partition coefficient (Wildman–Crippen LogP) is 3.35. The van der Waals surface area contributed by atoms with Gasteiger partial charge in [-0.1, -0.05) is 13.0 Å². The molecule has 0 spiro atoms. The summed E-state index contributed by atoms with van der Waals surface area (Å²) in [6.45, 7) is 5.45. The number of halogens is 1. The fraction of sp³-hybridized carbons (Fsp3) is 0.357. The van der Waals surface area contributed by atoms with E-state index in [0.717, 1.165) is 24.5 Å². The molecule has 0 atom stereocenters. The highest BCUT2D eigenvalue weighted by Gasteiger charge is 2.03. The van der Waals surface area contributed by atoms with Crippen LogP contribution >= 0.6 is 0 Å². The van der Waals surface area contributed by atoms with E-state index in [2.05, 4.69) is 21.8 Å². The first-order valence-electron chi connectivity index (χ1n) is 6.20. The molecule has 0 amide bonds. The number of rotatable bonds is 5. The third-order valence-corrected chi connectivity index (χ3v) is 2.89. The molecule has 2 aromatic rings. The summed E-state index contributed by atoms with van der Waals surface area (Å²) in [5.41, 5.74) is 1.44. The maximum absolute atomic E-state index is 13.4. The standard InChI is InChI=1S/C14H18FN3/c1-3-7-18-8-6-16-14(18)10-17-12-5-4-11(2)13(15)9-12/h4-6,8-9,17H,3,7,10H2,1-2H3. The summed E-state index contributed by atoms with van der Waals surface area (Å²) in [5.74, 6) is 0.787. The van der Waals surface area contributed by atoms with Gasteiger partial charge in [-0.05, 0) is 31.0 Å². The van der Waals surface area contributed by atoms with Gasteiger partial charge in [0.25, 0.3) is 0 Å². The van der Waals surface area contributed by atoms with Crippen molar-refractivity contribution in [1.82, 2.24) is 9.55 Å². The van der Waals surface area contributed by atoms with Gasteiger partial charge in [0, 0.05) is 24.6 Å². The van der Waals surface area contributed by atoms with E-state index in [4.69, 9.17) is 0 Å². The Kier molecular flexibility index (Phi) is 3.97. The Bertz CT molecular complexity index is 520. The molecule has 1 heterocycles. The number of nitrogens with one attached hydrogen (secondary N) is 1. The predicted molar refractivity (Wildman–Crippen MR) is 71.0 cm³/mol. The van der Waals surface area contributed by atoms with Crippen molar-refractivity contribution in [3.8, 4) is 0 Å². The molecule has 1 aromatic heterocycles. The second-order valence-electron chi connectivity index (χ2n) is 4.35. The minimum absolute atomic E-state index is 0.183. The van der Waals surface area contributed by atoms with Crippen LogP contribution in [-0.4, -0.2) is 9.55 Å². The Morgan fingerprint density at radius 3 is 2.94 bits per heavy atom. The highest BCUT2D eigenvalue weighted by molar-refractivity contribution is 5.45. The van der Waals surface area contributed by atoms with Crippen LogP contribution in [0.25, 0.3) is 0 Å². The monoisotopic (exact) mass is 247 g/mol. The van der Waals surface area contributed by atoms with E-state index < -0.39 is 0 Å². The van der Waals surface area contributed by atoms with Gasteiger partial charge in [-0.25, -0.2) is 9.37 Å². The number of aryl methyl sites for hydroxylation is 2. The third-order valence-electron chi connectivity index (χ3n) is 2.89. The van der Waals surface area contributed by atoms with Crippen molar-refractivity contribution in [1.29, 1.82) is 0 Å². The normalized spacial score (nSPS) is 10.6. The molecule has 18 heavy (non-hydrogen) atoms. The van der Waals surface area contributed by atoms with E-state index in [0.29, 0.717) is 12.1 Å². The van der Waals surface area contributed by atoms with Gasteiger partial charge in [0.2, 0.25) is 0 Å². The molecule has 96 valence electrons. The first kappa shape index (κ1) is 12.6. The molecule has 0 aliphatic rings. The van der Waals surface area contributed by atoms with Crippen LogP contribution in [0.5, 0.6) is 0 Å². The number of hydrogen-bond donors (Lipinski definition) is 1. The smallest absolute Gasteiger partial charge is 0.128 e. The maximum Gasteiger partial charge on any atom is 0.128 e. The highest BCUT2D eigenvalue weighted by Crippen LogP contribution is 2.14. The second-order valence-corrected chi connectivity index (χ2v) is 4.35. The molecule has 1 aromatic carbocycles. The average molecular weight is 247 g/mol. The lowest BCUT2D eigenvalue weighted by Crippen LogP contribution is -2.08. The van der Waals surface area contributed by atoms with E-state index in [1.54, 1.807) is 19.2 Å². The van der Waals surface area contributed by atoms with E-state index in [-0.39, 0.29) is 5.82 Å². The topological polar surface area (TPSA) is 29.9 Å². The molecular weight excluding hydrogens is 229 g/mol. The Morgan fingerprint density at radius 1 is 1.39 bits per heavy atom. The number of hydrogen-bond acceptors (Lipinski definition) is 2. The minimum atomic E-state index is -0.183. The molecule has 2 rings (SSSR count). The summed E-state index contributed by atoms with van der Waals surface area (Å²) in [4.78, 5) is 4.30. The number of benzene rings is 1. The van der Waals surface area contributed by atoms with Gasteiger partial charge >= 0.3 is 0 Å². The Labute approximate surface area is 107 Å². The van der Waals surface area contributed by atoms with E-state index in [1.165, 1.54) is 6.07 Å². The first-order chi connectivity index (χ1) is 8.70. The minimum Gasteiger partial charge on any atom is -0.378 e. The molecule has 0 unspecified atom stereocenters. The van der Waals surface area contributed by atoms with Gasteiger partial charge in [0.05, 0.1) is 6.54 Å². The van der Waals surface area contributed by atoms with Crippen LogP contribution in [0.3, 0.4) is 0 Å². The Morgan fingerprint density at radius 2 is 2.22 bits per heavy atom. The van der Waals surface area contributed by atoms with Crippen molar-refractivity contribution in [2.75, 3.05) is 5.32 Å². The molecule has 0 radical (unpaired) electrons. The van der Waals surface area contributed by atoms with E-state index >= 15 is 0 Å². The number of nitrogens with zero attached hydrogens (tertiary/aromatic N) is 2. The van der Waals surface area contributed by atoms with Gasteiger partial charge in [-0.2, -0.15) is 0 Å². The van der Waals surface area contributed by atoms with Gasteiger partial charge < -0.3 is 9.88 Å². The Balaban J connectivity index is 2.02. The molecule has 0 bridgehead atoms. The van der Waals surface area contributed by atoms with Crippen LogP contribution in [0, 0.1) is 12.7 Å². The lowest BCUT2D eigenvalue weighted by atomic mass is 10.2. The van der Waals surface area contributed by atoms with Crippen LogP contribution in [-0.2, 0) is 13.1 Å². The van der Waals surface area contributed by atoms with Crippen LogP contribution in [0.4, 0.5) is 10.1 Å². The SMILES string of the molecule is CCCn1ccnc1CNc1ccc(C)c(F)c1. The molecule has 0 saturated carbocycles. The van der Waals surface area contributed by atoms with E-state index in [9.17, 15) is 4.39 Å². The molecular formula is C14H18FN3. The third kappa shape index (κ3) is 2.88. The zero-order chi connectivity index (χ0) is 13.0. The Hall–Kier alpha value is -1.84. The fourth-order valence-corrected chi connectivity index (χ4v) is 1.84. The zero-order valence-corrected chi connectivity index (χ0v) is 10.8. The summed E-state index contributed by atoms with van der Waals surface area (Å²) in [7, 11) is 0. The lowest BCUT2D eigenvalue weighted by Gasteiger charge is -2.09. The molecule has 4 heteroatoms. The quantitative estimate of drug-likeness (QED) is 0.878. The molecule has 3 nitrogen and oxygen atoms in total. The lowest BCUT2D eigenvalue weighted by molar-refractivity contribution is 0.618. The summed E-state index contributed by atoms with van der Waals surface area (Å²) in [6.07, 6.45) is 4.83. The summed E-state index contributed by atoms with van der Waals surface area (Å²) in [6, 6.07) is 5.17. The number of anilines is 1. The molecule has 1 N–H and O–H groups in total. The summed E-state index contributed by atoms with van der Waals surface area (Å²) < 4.78 is 15.5. The second kappa shape index (κ2) is 5.67.